The molecule has 0 atom stereocenters. The van der Waals surface area contributed by atoms with Crippen LogP contribution in [0.4, 0.5) is 0 Å². The van der Waals surface area contributed by atoms with E-state index >= 15 is 0 Å². The fraction of sp³-hybridized carbons (Fsp3) is 0.167. The summed E-state index contributed by atoms with van der Waals surface area (Å²) in [6.07, 6.45) is 1.77. The Balaban J connectivity index is 1.77. The minimum Gasteiger partial charge on any atom is -0.492 e. The number of nitrogens with one attached hydrogen (secondary N) is 2. The van der Waals surface area contributed by atoms with Crippen molar-refractivity contribution in [1.29, 1.82) is 0 Å². The van der Waals surface area contributed by atoms with Gasteiger partial charge in [0.2, 0.25) is 0 Å². The number of benzene rings is 2. The summed E-state index contributed by atoms with van der Waals surface area (Å²) in [6, 6.07) is 16.4. The molecule has 2 aromatic carbocycles. The van der Waals surface area contributed by atoms with Crippen molar-refractivity contribution in [2.45, 2.75) is 6.92 Å². The van der Waals surface area contributed by atoms with Gasteiger partial charge in [0.15, 0.2) is 0 Å². The van der Waals surface area contributed by atoms with Crippen molar-refractivity contribution in [2.75, 3.05) is 13.2 Å². The molecule has 5 nitrogen and oxygen atoms in total. The molecule has 0 radical (unpaired) electrons. The number of rotatable bonds is 7. The molecule has 0 aliphatic rings. The third kappa shape index (κ3) is 4.86. The second-order valence-electron chi connectivity index (χ2n) is 4.81. The van der Waals surface area contributed by atoms with Gasteiger partial charge >= 0.3 is 0 Å². The summed E-state index contributed by atoms with van der Waals surface area (Å²) in [7, 11) is 0. The van der Waals surface area contributed by atoms with E-state index in [0.717, 1.165) is 5.56 Å². The van der Waals surface area contributed by atoms with E-state index in [1.165, 1.54) is 0 Å². The van der Waals surface area contributed by atoms with Crippen molar-refractivity contribution in [3.05, 3.63) is 71.8 Å². The van der Waals surface area contributed by atoms with Crippen LogP contribution in [0.1, 0.15) is 22.8 Å². The Morgan fingerprint density at radius 3 is 2.39 bits per heavy atom. The first-order chi connectivity index (χ1) is 11.2. The van der Waals surface area contributed by atoms with E-state index in [0.29, 0.717) is 30.2 Å². The molecule has 0 aromatic heterocycles. The largest absolute Gasteiger partial charge is 0.492 e. The van der Waals surface area contributed by atoms with Crippen LogP contribution < -0.4 is 15.5 Å². The number of amides is 1. The molecule has 120 valence electrons. The molecule has 1 amide bonds. The lowest BCUT2D eigenvalue weighted by Crippen LogP contribution is -2.28. The van der Waals surface area contributed by atoms with Gasteiger partial charge in [0.25, 0.3) is 5.91 Å². The maximum atomic E-state index is 11.8. The van der Waals surface area contributed by atoms with Crippen LogP contribution in [0.15, 0.2) is 60.7 Å². The van der Waals surface area contributed by atoms with Crippen LogP contribution in [0, 0.1) is 0 Å². The smallest absolute Gasteiger partial charge is 0.251 e. The number of allylic oxidation sites excluding steroid dienone is 1. The Labute approximate surface area is 135 Å². The number of hydrogen-bond donors (Lipinski definition) is 3. The van der Waals surface area contributed by atoms with Gasteiger partial charge in [-0.05, 0) is 48.9 Å². The number of hydrogen-bond acceptors (Lipinski definition) is 4. The number of carbonyl (C=O) groups excluding carboxylic acids is 1. The van der Waals surface area contributed by atoms with E-state index in [4.69, 9.17) is 9.94 Å². The molecule has 2 rings (SSSR count). The van der Waals surface area contributed by atoms with Crippen molar-refractivity contribution in [2.24, 2.45) is 0 Å². The Hall–Kier alpha value is -2.79. The lowest BCUT2D eigenvalue weighted by Gasteiger charge is -2.09. The molecule has 5 heteroatoms. The highest BCUT2D eigenvalue weighted by atomic mass is 16.5. The first kappa shape index (κ1) is 16.6. The van der Waals surface area contributed by atoms with Gasteiger partial charge < -0.3 is 10.1 Å². The minimum atomic E-state index is -0.115. The molecular weight excluding hydrogens is 292 g/mol. The molecular formula is C18H20N2O3. The van der Waals surface area contributed by atoms with Crippen LogP contribution in [0.2, 0.25) is 0 Å². The molecule has 23 heavy (non-hydrogen) atoms. The molecule has 0 fully saturated rings. The predicted molar refractivity (Wildman–Crippen MR) is 89.3 cm³/mol. The van der Waals surface area contributed by atoms with Crippen molar-refractivity contribution in [3.63, 3.8) is 0 Å². The zero-order chi connectivity index (χ0) is 16.5. The summed E-state index contributed by atoms with van der Waals surface area (Å²) < 4.78 is 5.58. The third-order valence-corrected chi connectivity index (χ3v) is 3.27. The first-order valence-corrected chi connectivity index (χ1v) is 7.37. The monoisotopic (exact) mass is 312 g/mol. The van der Waals surface area contributed by atoms with Gasteiger partial charge in [0.1, 0.15) is 12.4 Å². The SMILES string of the molecule is C/C=C(/NO)c1ccc(OCCNC(=O)c2ccccc2)cc1. The van der Waals surface area contributed by atoms with Crippen LogP contribution in [-0.4, -0.2) is 24.3 Å². The second kappa shape index (κ2) is 8.60. The first-order valence-electron chi connectivity index (χ1n) is 7.37. The molecule has 0 spiro atoms. The van der Waals surface area contributed by atoms with Crippen LogP contribution >= 0.6 is 0 Å². The standard InChI is InChI=1S/C18H20N2O3/c1-2-17(20-22)14-8-10-16(11-9-14)23-13-12-19-18(21)15-6-4-3-5-7-15/h2-11,20,22H,12-13H2,1H3,(H,19,21)/b17-2+. The van der Waals surface area contributed by atoms with Gasteiger partial charge in [0, 0.05) is 5.56 Å². The highest BCUT2D eigenvalue weighted by Crippen LogP contribution is 2.16. The topological polar surface area (TPSA) is 70.6 Å². The molecule has 0 saturated carbocycles. The Morgan fingerprint density at radius 1 is 1.09 bits per heavy atom. The number of ether oxygens (including phenoxy) is 1. The molecule has 0 unspecified atom stereocenters. The minimum absolute atomic E-state index is 0.115. The highest BCUT2D eigenvalue weighted by Gasteiger charge is 2.03. The number of hydroxylamine groups is 1. The summed E-state index contributed by atoms with van der Waals surface area (Å²) in [5, 5.41) is 11.8. The maximum Gasteiger partial charge on any atom is 0.251 e. The lowest BCUT2D eigenvalue weighted by atomic mass is 10.1. The lowest BCUT2D eigenvalue weighted by molar-refractivity contribution is 0.0947. The van der Waals surface area contributed by atoms with Crippen LogP contribution in [-0.2, 0) is 0 Å². The van der Waals surface area contributed by atoms with E-state index in [9.17, 15) is 4.79 Å². The van der Waals surface area contributed by atoms with Crippen LogP contribution in [0.25, 0.3) is 5.70 Å². The fourth-order valence-corrected chi connectivity index (χ4v) is 2.05. The van der Waals surface area contributed by atoms with E-state index in [-0.39, 0.29) is 5.91 Å². The average molecular weight is 312 g/mol. The summed E-state index contributed by atoms with van der Waals surface area (Å²) in [5.41, 5.74) is 4.26. The van der Waals surface area contributed by atoms with E-state index in [1.54, 1.807) is 18.2 Å². The third-order valence-electron chi connectivity index (χ3n) is 3.27. The van der Waals surface area contributed by atoms with Crippen molar-refractivity contribution < 1.29 is 14.7 Å². The molecule has 3 N–H and O–H groups in total. The molecule has 2 aromatic rings. The summed E-state index contributed by atoms with van der Waals surface area (Å²) in [6.45, 7) is 2.64. The fourth-order valence-electron chi connectivity index (χ4n) is 2.05. The Kier molecular flexibility index (Phi) is 6.20. The van der Waals surface area contributed by atoms with Gasteiger partial charge in [-0.3, -0.25) is 15.5 Å². The van der Waals surface area contributed by atoms with E-state index < -0.39 is 0 Å². The zero-order valence-corrected chi connectivity index (χ0v) is 13.0. The number of carbonyl (C=O) groups is 1. The Morgan fingerprint density at radius 2 is 1.78 bits per heavy atom. The second-order valence-corrected chi connectivity index (χ2v) is 4.81. The van der Waals surface area contributed by atoms with Crippen LogP contribution in [0.3, 0.4) is 0 Å². The normalized spacial score (nSPS) is 11.0. The van der Waals surface area contributed by atoms with Gasteiger partial charge in [-0.2, -0.15) is 0 Å². The van der Waals surface area contributed by atoms with Gasteiger partial charge in [-0.25, -0.2) is 0 Å². The van der Waals surface area contributed by atoms with Crippen LogP contribution in [0.5, 0.6) is 5.75 Å². The van der Waals surface area contributed by atoms with E-state index in [2.05, 4.69) is 10.8 Å². The van der Waals surface area contributed by atoms with Gasteiger partial charge in [-0.15, -0.1) is 0 Å². The maximum absolute atomic E-state index is 11.8. The summed E-state index contributed by atoms with van der Waals surface area (Å²) in [4.78, 5) is 11.8. The molecule has 0 saturated heterocycles. The quantitative estimate of drug-likeness (QED) is 0.543. The average Bonchev–Trinajstić information content (AvgIpc) is 2.61. The summed E-state index contributed by atoms with van der Waals surface area (Å²) in [5.74, 6) is 0.590. The highest BCUT2D eigenvalue weighted by molar-refractivity contribution is 5.94. The molecule has 0 bridgehead atoms. The van der Waals surface area contributed by atoms with E-state index in [1.807, 2.05) is 49.4 Å². The van der Waals surface area contributed by atoms with Crippen molar-refractivity contribution in [3.8, 4) is 5.75 Å². The zero-order valence-electron chi connectivity index (χ0n) is 13.0. The van der Waals surface area contributed by atoms with Gasteiger partial charge in [0.05, 0.1) is 12.2 Å². The molecule has 0 aliphatic carbocycles. The van der Waals surface area contributed by atoms with Crippen molar-refractivity contribution >= 4 is 11.6 Å². The molecule has 0 heterocycles. The van der Waals surface area contributed by atoms with Crippen molar-refractivity contribution in [1.82, 2.24) is 10.8 Å². The van der Waals surface area contributed by atoms with Gasteiger partial charge in [-0.1, -0.05) is 24.3 Å². The summed E-state index contributed by atoms with van der Waals surface area (Å²) >= 11 is 0. The molecule has 0 aliphatic heterocycles. The predicted octanol–water partition coefficient (Wildman–Crippen LogP) is 2.84. The Bertz CT molecular complexity index is 652.